The maximum Gasteiger partial charge on any atom is 0.255 e. The van der Waals surface area contributed by atoms with Crippen LogP contribution in [-0.4, -0.2) is 23.6 Å². The lowest BCUT2D eigenvalue weighted by molar-refractivity contribution is 0.0934. The first kappa shape index (κ1) is 12.8. The Labute approximate surface area is 99.4 Å². The van der Waals surface area contributed by atoms with Crippen molar-refractivity contribution in [3.05, 3.63) is 28.8 Å². The van der Waals surface area contributed by atoms with E-state index < -0.39 is 0 Å². The fraction of sp³-hybridized carbons (Fsp3) is 0.364. The van der Waals surface area contributed by atoms with Crippen molar-refractivity contribution in [2.75, 3.05) is 6.54 Å². The van der Waals surface area contributed by atoms with Crippen LogP contribution < -0.4 is 11.1 Å². The molecule has 1 aromatic rings. The van der Waals surface area contributed by atoms with Gasteiger partial charge in [-0.1, -0.05) is 18.5 Å². The topological polar surface area (TPSA) is 75.3 Å². The minimum absolute atomic E-state index is 0.0809. The quantitative estimate of drug-likeness (QED) is 0.749. The molecule has 0 aliphatic carbocycles. The first-order valence-electron chi connectivity index (χ1n) is 5.08. The molecule has 0 fully saturated rings. The highest BCUT2D eigenvalue weighted by Gasteiger charge is 2.14. The summed E-state index contributed by atoms with van der Waals surface area (Å²) in [5.41, 5.74) is 5.68. The van der Waals surface area contributed by atoms with Crippen LogP contribution in [0.2, 0.25) is 5.02 Å². The third-order valence-electron chi connectivity index (χ3n) is 2.32. The summed E-state index contributed by atoms with van der Waals surface area (Å²) >= 11 is 5.67. The van der Waals surface area contributed by atoms with Gasteiger partial charge in [0.1, 0.15) is 5.75 Å². The second-order valence-electron chi connectivity index (χ2n) is 3.48. The monoisotopic (exact) mass is 242 g/mol. The van der Waals surface area contributed by atoms with Crippen molar-refractivity contribution in [1.82, 2.24) is 5.32 Å². The summed E-state index contributed by atoms with van der Waals surface area (Å²) in [6.07, 6.45) is 0.747. The molecule has 1 atom stereocenters. The molecule has 1 rings (SSSR count). The lowest BCUT2D eigenvalue weighted by Gasteiger charge is -2.15. The van der Waals surface area contributed by atoms with Crippen LogP contribution in [0, 0.1) is 0 Å². The predicted molar refractivity (Wildman–Crippen MR) is 63.7 cm³/mol. The van der Waals surface area contributed by atoms with Gasteiger partial charge in [0.25, 0.3) is 5.91 Å². The summed E-state index contributed by atoms with van der Waals surface area (Å²) in [5, 5.41) is 12.7. The van der Waals surface area contributed by atoms with Crippen LogP contribution in [0.3, 0.4) is 0 Å². The van der Waals surface area contributed by atoms with Gasteiger partial charge in [0, 0.05) is 17.6 Å². The summed E-state index contributed by atoms with van der Waals surface area (Å²) in [6, 6.07) is 4.29. The summed E-state index contributed by atoms with van der Waals surface area (Å²) < 4.78 is 0. The van der Waals surface area contributed by atoms with E-state index in [1.807, 2.05) is 6.92 Å². The van der Waals surface area contributed by atoms with E-state index in [0.29, 0.717) is 11.6 Å². The zero-order valence-electron chi connectivity index (χ0n) is 9.03. The van der Waals surface area contributed by atoms with Gasteiger partial charge in [-0.05, 0) is 24.6 Å². The molecule has 0 saturated carbocycles. The van der Waals surface area contributed by atoms with Gasteiger partial charge in [0.2, 0.25) is 0 Å². The zero-order valence-corrected chi connectivity index (χ0v) is 9.79. The Bertz CT molecular complexity index is 378. The van der Waals surface area contributed by atoms with Crippen LogP contribution in [0.15, 0.2) is 18.2 Å². The molecule has 4 N–H and O–H groups in total. The van der Waals surface area contributed by atoms with E-state index in [1.54, 1.807) is 6.07 Å². The Balaban J connectivity index is 2.80. The number of carbonyl (C=O) groups is 1. The lowest BCUT2D eigenvalue weighted by atomic mass is 10.1. The van der Waals surface area contributed by atoms with Crippen LogP contribution in [-0.2, 0) is 0 Å². The number of carbonyl (C=O) groups excluding carboxylic acids is 1. The van der Waals surface area contributed by atoms with Crippen molar-refractivity contribution in [3.8, 4) is 5.75 Å². The van der Waals surface area contributed by atoms with Gasteiger partial charge in [-0.25, -0.2) is 0 Å². The molecule has 1 amide bonds. The van der Waals surface area contributed by atoms with Crippen LogP contribution >= 0.6 is 11.6 Å². The van der Waals surface area contributed by atoms with E-state index in [9.17, 15) is 9.90 Å². The number of hydrogen-bond donors (Lipinski definition) is 3. The number of amides is 1. The summed E-state index contributed by atoms with van der Waals surface area (Å²) in [7, 11) is 0. The van der Waals surface area contributed by atoms with Crippen molar-refractivity contribution in [1.29, 1.82) is 0 Å². The number of benzene rings is 1. The van der Waals surface area contributed by atoms with E-state index >= 15 is 0 Å². The van der Waals surface area contributed by atoms with Gasteiger partial charge in [-0.3, -0.25) is 4.79 Å². The van der Waals surface area contributed by atoms with E-state index in [0.717, 1.165) is 6.42 Å². The smallest absolute Gasteiger partial charge is 0.255 e. The summed E-state index contributed by atoms with van der Waals surface area (Å²) in [5.74, 6) is -0.469. The minimum Gasteiger partial charge on any atom is -0.507 e. The van der Waals surface area contributed by atoms with Gasteiger partial charge in [0.05, 0.1) is 5.56 Å². The molecule has 0 spiro atoms. The summed E-state index contributed by atoms with van der Waals surface area (Å²) in [6.45, 7) is 2.30. The van der Waals surface area contributed by atoms with Crippen LogP contribution in [0.5, 0.6) is 5.75 Å². The largest absolute Gasteiger partial charge is 0.507 e. The Morgan fingerprint density at radius 3 is 2.81 bits per heavy atom. The fourth-order valence-corrected chi connectivity index (χ4v) is 1.45. The van der Waals surface area contributed by atoms with Gasteiger partial charge < -0.3 is 16.2 Å². The SMILES string of the molecule is CCC(CN)NC(=O)c1ccc(Cl)cc1O. The van der Waals surface area contributed by atoms with Crippen LogP contribution in [0.4, 0.5) is 0 Å². The number of phenols is 1. The van der Waals surface area contributed by atoms with E-state index in [1.165, 1.54) is 12.1 Å². The fourth-order valence-electron chi connectivity index (χ4n) is 1.29. The molecule has 0 radical (unpaired) electrons. The van der Waals surface area contributed by atoms with E-state index in [4.69, 9.17) is 17.3 Å². The van der Waals surface area contributed by atoms with Gasteiger partial charge >= 0.3 is 0 Å². The van der Waals surface area contributed by atoms with E-state index in [-0.39, 0.29) is 23.3 Å². The molecule has 0 saturated heterocycles. The Morgan fingerprint density at radius 2 is 2.31 bits per heavy atom. The lowest BCUT2D eigenvalue weighted by Crippen LogP contribution is -2.39. The zero-order chi connectivity index (χ0) is 12.1. The number of hydrogen-bond acceptors (Lipinski definition) is 3. The normalized spacial score (nSPS) is 12.2. The van der Waals surface area contributed by atoms with Crippen LogP contribution in [0.25, 0.3) is 0 Å². The van der Waals surface area contributed by atoms with Crippen molar-refractivity contribution >= 4 is 17.5 Å². The average Bonchev–Trinajstić information content (AvgIpc) is 2.25. The second-order valence-corrected chi connectivity index (χ2v) is 3.91. The molecule has 0 aromatic heterocycles. The molecule has 1 unspecified atom stereocenters. The highest BCUT2D eigenvalue weighted by Crippen LogP contribution is 2.21. The highest BCUT2D eigenvalue weighted by atomic mass is 35.5. The molecular weight excluding hydrogens is 228 g/mol. The molecule has 5 heteroatoms. The minimum atomic E-state index is -0.341. The number of nitrogens with one attached hydrogen (secondary N) is 1. The molecule has 0 heterocycles. The molecule has 0 aliphatic heterocycles. The molecule has 4 nitrogen and oxygen atoms in total. The van der Waals surface area contributed by atoms with Crippen molar-refractivity contribution < 1.29 is 9.90 Å². The van der Waals surface area contributed by atoms with Crippen molar-refractivity contribution in [2.45, 2.75) is 19.4 Å². The van der Waals surface area contributed by atoms with Gasteiger partial charge in [-0.15, -0.1) is 0 Å². The summed E-state index contributed by atoms with van der Waals surface area (Å²) in [4.78, 5) is 11.7. The maximum atomic E-state index is 11.7. The standard InChI is InChI=1S/C11H15ClN2O2/c1-2-8(6-13)14-11(16)9-4-3-7(12)5-10(9)15/h3-5,8,15H,2,6,13H2,1H3,(H,14,16). The van der Waals surface area contributed by atoms with Crippen LogP contribution in [0.1, 0.15) is 23.7 Å². The number of rotatable bonds is 4. The first-order chi connectivity index (χ1) is 7.58. The molecule has 0 aliphatic rings. The number of nitrogens with two attached hydrogens (primary N) is 1. The molecule has 1 aromatic carbocycles. The highest BCUT2D eigenvalue weighted by molar-refractivity contribution is 6.30. The Morgan fingerprint density at radius 1 is 1.62 bits per heavy atom. The second kappa shape index (κ2) is 5.72. The Hall–Kier alpha value is -1.26. The predicted octanol–water partition coefficient (Wildman–Crippen LogP) is 1.51. The molecule has 0 bridgehead atoms. The molecule has 88 valence electrons. The van der Waals surface area contributed by atoms with Gasteiger partial charge in [-0.2, -0.15) is 0 Å². The number of aromatic hydroxyl groups is 1. The third kappa shape index (κ3) is 3.12. The molecular formula is C11H15ClN2O2. The number of phenolic OH excluding ortho intramolecular Hbond substituents is 1. The third-order valence-corrected chi connectivity index (χ3v) is 2.55. The number of halogens is 1. The van der Waals surface area contributed by atoms with E-state index in [2.05, 4.69) is 5.32 Å². The maximum absolute atomic E-state index is 11.7. The average molecular weight is 243 g/mol. The Kier molecular flexibility index (Phi) is 4.58. The van der Waals surface area contributed by atoms with Crippen molar-refractivity contribution in [3.63, 3.8) is 0 Å². The molecule has 16 heavy (non-hydrogen) atoms. The van der Waals surface area contributed by atoms with Crippen molar-refractivity contribution in [2.24, 2.45) is 5.73 Å². The first-order valence-corrected chi connectivity index (χ1v) is 5.45. The van der Waals surface area contributed by atoms with Gasteiger partial charge in [0.15, 0.2) is 0 Å².